The first-order valence-electron chi connectivity index (χ1n) is 11.7. The van der Waals surface area contributed by atoms with E-state index in [-0.39, 0.29) is 23.7 Å². The van der Waals surface area contributed by atoms with Gasteiger partial charge in [0.05, 0.1) is 7.11 Å². The summed E-state index contributed by atoms with van der Waals surface area (Å²) in [5, 5.41) is 3.08. The lowest BCUT2D eigenvalue weighted by molar-refractivity contribution is 0.240. The second kappa shape index (κ2) is 10.6. The largest absolute Gasteiger partial charge is 0.497 e. The standard InChI is InChI=1S/C27H32N4O3/c1-30-18-21(7-16-26(30)32)20-5-10-23(11-6-20)31(24-12-8-22(28)9-13-24)27(33)29-17-19-3-14-25(34-2)15-4-19/h3-7,10-11,14-16,18,22,24H,8-9,12-13,17,28H2,1-2H3,(H,29,33). The molecule has 0 unspecified atom stereocenters. The van der Waals surface area contributed by atoms with E-state index in [0.29, 0.717) is 6.54 Å². The number of benzene rings is 2. The van der Waals surface area contributed by atoms with Crippen LogP contribution in [0, 0.1) is 0 Å². The molecule has 0 radical (unpaired) electrons. The molecule has 4 rings (SSSR count). The number of methoxy groups -OCH3 is 1. The third kappa shape index (κ3) is 5.48. The van der Waals surface area contributed by atoms with E-state index in [1.54, 1.807) is 24.8 Å². The number of ether oxygens (including phenoxy) is 1. The summed E-state index contributed by atoms with van der Waals surface area (Å²) in [7, 11) is 3.37. The maximum absolute atomic E-state index is 13.4. The summed E-state index contributed by atoms with van der Waals surface area (Å²) in [5.74, 6) is 0.786. The monoisotopic (exact) mass is 460 g/mol. The lowest BCUT2D eigenvalue weighted by atomic mass is 9.90. The van der Waals surface area contributed by atoms with Gasteiger partial charge < -0.3 is 20.4 Å². The fraction of sp³-hybridized carbons (Fsp3) is 0.333. The van der Waals surface area contributed by atoms with Gasteiger partial charge in [0.15, 0.2) is 0 Å². The van der Waals surface area contributed by atoms with Crippen LogP contribution in [0.1, 0.15) is 31.2 Å². The highest BCUT2D eigenvalue weighted by atomic mass is 16.5. The molecule has 3 N–H and O–H groups in total. The molecule has 0 aliphatic heterocycles. The number of aryl methyl sites for hydroxylation is 1. The molecule has 0 bridgehead atoms. The first-order valence-corrected chi connectivity index (χ1v) is 11.7. The predicted molar refractivity (Wildman–Crippen MR) is 135 cm³/mol. The van der Waals surface area contributed by atoms with Gasteiger partial charge in [0.1, 0.15) is 5.75 Å². The Morgan fingerprint density at radius 2 is 1.65 bits per heavy atom. The third-order valence-electron chi connectivity index (χ3n) is 6.49. The number of nitrogens with one attached hydrogen (secondary N) is 1. The molecule has 178 valence electrons. The molecule has 2 aromatic carbocycles. The van der Waals surface area contributed by atoms with E-state index in [9.17, 15) is 9.59 Å². The highest BCUT2D eigenvalue weighted by Gasteiger charge is 2.29. The summed E-state index contributed by atoms with van der Waals surface area (Å²) in [6.45, 7) is 0.432. The molecule has 1 aliphatic carbocycles. The quantitative estimate of drug-likeness (QED) is 0.581. The fourth-order valence-electron chi connectivity index (χ4n) is 4.44. The summed E-state index contributed by atoms with van der Waals surface area (Å²) in [5.41, 5.74) is 9.87. The Morgan fingerprint density at radius 1 is 1.00 bits per heavy atom. The van der Waals surface area contributed by atoms with E-state index in [1.165, 1.54) is 0 Å². The number of nitrogens with two attached hydrogens (primary N) is 1. The van der Waals surface area contributed by atoms with Crippen LogP contribution in [0.2, 0.25) is 0 Å². The molecule has 1 heterocycles. The molecular formula is C27H32N4O3. The zero-order valence-corrected chi connectivity index (χ0v) is 19.7. The van der Waals surface area contributed by atoms with Crippen LogP contribution in [0.3, 0.4) is 0 Å². The van der Waals surface area contributed by atoms with Gasteiger partial charge in [-0.1, -0.05) is 24.3 Å². The van der Waals surface area contributed by atoms with E-state index in [0.717, 1.165) is 53.8 Å². The summed E-state index contributed by atoms with van der Waals surface area (Å²) in [4.78, 5) is 27.0. The van der Waals surface area contributed by atoms with Crippen LogP contribution in [0.5, 0.6) is 5.75 Å². The van der Waals surface area contributed by atoms with Gasteiger partial charge in [-0.05, 0) is 72.7 Å². The number of aromatic nitrogens is 1. The minimum atomic E-state index is -0.119. The Morgan fingerprint density at radius 3 is 2.26 bits per heavy atom. The van der Waals surface area contributed by atoms with Crippen molar-refractivity contribution in [1.29, 1.82) is 0 Å². The first kappa shape index (κ1) is 23.6. The zero-order valence-electron chi connectivity index (χ0n) is 19.7. The van der Waals surface area contributed by atoms with E-state index in [4.69, 9.17) is 10.5 Å². The number of hydrogen-bond acceptors (Lipinski definition) is 4. The van der Waals surface area contributed by atoms with Crippen LogP contribution in [0.15, 0.2) is 71.7 Å². The number of urea groups is 1. The number of anilines is 1. The molecule has 7 nitrogen and oxygen atoms in total. The highest BCUT2D eigenvalue weighted by Crippen LogP contribution is 2.29. The van der Waals surface area contributed by atoms with Crippen LogP contribution in [0.4, 0.5) is 10.5 Å². The van der Waals surface area contributed by atoms with Gasteiger partial charge >= 0.3 is 6.03 Å². The smallest absolute Gasteiger partial charge is 0.322 e. The number of nitrogens with zero attached hydrogens (tertiary/aromatic N) is 2. The molecule has 1 aromatic heterocycles. The van der Waals surface area contributed by atoms with Crippen LogP contribution < -0.4 is 26.2 Å². The van der Waals surface area contributed by atoms with Gasteiger partial charge in [-0.2, -0.15) is 0 Å². The Hall–Kier alpha value is -3.58. The Balaban J connectivity index is 1.54. The van der Waals surface area contributed by atoms with Crippen molar-refractivity contribution < 1.29 is 9.53 Å². The maximum Gasteiger partial charge on any atom is 0.322 e. The van der Waals surface area contributed by atoms with E-state index >= 15 is 0 Å². The molecule has 0 saturated heterocycles. The molecule has 34 heavy (non-hydrogen) atoms. The average molecular weight is 461 g/mol. The number of amides is 2. The molecule has 1 saturated carbocycles. The number of carbonyl (C=O) groups is 1. The van der Waals surface area contributed by atoms with Crippen LogP contribution in [-0.2, 0) is 13.6 Å². The van der Waals surface area contributed by atoms with Crippen LogP contribution in [0.25, 0.3) is 11.1 Å². The van der Waals surface area contributed by atoms with Crippen molar-refractivity contribution in [2.45, 2.75) is 44.3 Å². The van der Waals surface area contributed by atoms with Crippen LogP contribution in [-0.4, -0.2) is 29.8 Å². The van der Waals surface area contributed by atoms with Gasteiger partial charge in [0, 0.05) is 43.6 Å². The molecular weight excluding hydrogens is 428 g/mol. The predicted octanol–water partition coefficient (Wildman–Crippen LogP) is 4.05. The minimum absolute atomic E-state index is 0.0458. The second-order valence-electron chi connectivity index (χ2n) is 8.86. The van der Waals surface area contributed by atoms with Crippen molar-refractivity contribution in [2.75, 3.05) is 12.0 Å². The Kier molecular flexibility index (Phi) is 7.33. The lowest BCUT2D eigenvalue weighted by Crippen LogP contribution is -2.48. The van der Waals surface area contributed by atoms with Crippen LogP contribution >= 0.6 is 0 Å². The second-order valence-corrected chi connectivity index (χ2v) is 8.86. The van der Waals surface area contributed by atoms with Gasteiger partial charge in [-0.3, -0.25) is 9.69 Å². The van der Waals surface area contributed by atoms with E-state index < -0.39 is 0 Å². The average Bonchev–Trinajstić information content (AvgIpc) is 2.86. The van der Waals surface area contributed by atoms with Crippen molar-refractivity contribution >= 4 is 11.7 Å². The van der Waals surface area contributed by atoms with Gasteiger partial charge in [0.25, 0.3) is 0 Å². The van der Waals surface area contributed by atoms with E-state index in [1.807, 2.05) is 65.7 Å². The number of carbonyl (C=O) groups excluding carboxylic acids is 1. The van der Waals surface area contributed by atoms with Gasteiger partial charge in [-0.25, -0.2) is 4.79 Å². The number of hydrogen-bond donors (Lipinski definition) is 2. The number of pyridine rings is 1. The van der Waals surface area contributed by atoms with E-state index in [2.05, 4.69) is 5.32 Å². The van der Waals surface area contributed by atoms with Crippen molar-refractivity contribution in [3.05, 3.63) is 82.8 Å². The van der Waals surface area contributed by atoms with Crippen molar-refractivity contribution in [1.82, 2.24) is 9.88 Å². The summed E-state index contributed by atoms with van der Waals surface area (Å²) in [6, 6.07) is 19.2. The lowest BCUT2D eigenvalue weighted by Gasteiger charge is -2.36. The molecule has 1 aliphatic rings. The minimum Gasteiger partial charge on any atom is -0.497 e. The molecule has 0 spiro atoms. The molecule has 0 atom stereocenters. The molecule has 7 heteroatoms. The Labute approximate surface area is 200 Å². The third-order valence-corrected chi connectivity index (χ3v) is 6.49. The first-order chi connectivity index (χ1) is 16.4. The SMILES string of the molecule is COc1ccc(CNC(=O)N(c2ccc(-c3ccc(=O)n(C)c3)cc2)C2CCC(N)CC2)cc1. The summed E-state index contributed by atoms with van der Waals surface area (Å²) in [6.07, 6.45) is 5.38. The maximum atomic E-state index is 13.4. The molecule has 1 fully saturated rings. The zero-order chi connectivity index (χ0) is 24.1. The summed E-state index contributed by atoms with van der Waals surface area (Å²) < 4.78 is 6.77. The molecule has 3 aromatic rings. The topological polar surface area (TPSA) is 89.6 Å². The number of rotatable bonds is 6. The summed E-state index contributed by atoms with van der Waals surface area (Å²) >= 11 is 0. The normalized spacial score (nSPS) is 17.7. The van der Waals surface area contributed by atoms with Crippen molar-refractivity contribution in [3.8, 4) is 16.9 Å². The molecule has 2 amide bonds. The van der Waals surface area contributed by atoms with Crippen molar-refractivity contribution in [3.63, 3.8) is 0 Å². The fourth-order valence-corrected chi connectivity index (χ4v) is 4.44. The van der Waals surface area contributed by atoms with Crippen molar-refractivity contribution in [2.24, 2.45) is 12.8 Å². The Bertz CT molecular complexity index is 1160. The van der Waals surface area contributed by atoms with Gasteiger partial charge in [0.2, 0.25) is 5.56 Å². The van der Waals surface area contributed by atoms with Gasteiger partial charge in [-0.15, -0.1) is 0 Å². The highest BCUT2D eigenvalue weighted by molar-refractivity contribution is 5.93.